The van der Waals surface area contributed by atoms with E-state index in [1.54, 1.807) is 18.2 Å². The SMILES string of the molecule is O=C(CO)c1ccc2c(c1)OCO2. The van der Waals surface area contributed by atoms with Gasteiger partial charge in [-0.1, -0.05) is 0 Å². The van der Waals surface area contributed by atoms with Gasteiger partial charge in [-0.2, -0.15) is 0 Å². The topological polar surface area (TPSA) is 55.8 Å². The quantitative estimate of drug-likeness (QED) is 0.677. The minimum absolute atomic E-state index is 0.187. The van der Waals surface area contributed by atoms with Crippen LogP contribution in [0.5, 0.6) is 11.5 Å². The van der Waals surface area contributed by atoms with Gasteiger partial charge in [0.2, 0.25) is 6.79 Å². The standard InChI is InChI=1S/C9H8O4/c10-4-7(11)6-1-2-8-9(3-6)13-5-12-8/h1-3,10H,4-5H2. The Morgan fingerprint density at radius 1 is 1.38 bits per heavy atom. The van der Waals surface area contributed by atoms with Gasteiger partial charge in [0.05, 0.1) is 0 Å². The van der Waals surface area contributed by atoms with Crippen LogP contribution in [0, 0.1) is 0 Å². The molecule has 1 aliphatic rings. The van der Waals surface area contributed by atoms with Crippen LogP contribution in [0.1, 0.15) is 10.4 Å². The molecule has 1 aromatic carbocycles. The molecule has 1 N–H and O–H groups in total. The van der Waals surface area contributed by atoms with Gasteiger partial charge in [-0.3, -0.25) is 4.79 Å². The third kappa shape index (κ3) is 1.36. The predicted molar refractivity (Wildman–Crippen MR) is 44.0 cm³/mol. The Bertz CT molecular complexity index is 345. The number of hydrogen-bond acceptors (Lipinski definition) is 4. The predicted octanol–water partition coefficient (Wildman–Crippen LogP) is 0.590. The molecule has 4 heteroatoms. The van der Waals surface area contributed by atoms with Crippen molar-refractivity contribution in [2.24, 2.45) is 0 Å². The highest BCUT2D eigenvalue weighted by atomic mass is 16.7. The largest absolute Gasteiger partial charge is 0.454 e. The lowest BCUT2D eigenvalue weighted by atomic mass is 10.1. The number of ether oxygens (including phenoxy) is 2. The summed E-state index contributed by atoms with van der Waals surface area (Å²) in [5, 5.41) is 8.62. The molecule has 2 rings (SSSR count). The summed E-state index contributed by atoms with van der Waals surface area (Å²) in [6.45, 7) is -0.300. The number of aliphatic hydroxyl groups is 1. The zero-order chi connectivity index (χ0) is 9.26. The van der Waals surface area contributed by atoms with Crippen LogP contribution in [0.15, 0.2) is 18.2 Å². The molecule has 0 atom stereocenters. The summed E-state index contributed by atoms with van der Waals surface area (Å²) in [6.07, 6.45) is 0. The highest BCUT2D eigenvalue weighted by Crippen LogP contribution is 2.32. The van der Waals surface area contributed by atoms with Crippen molar-refractivity contribution >= 4 is 5.78 Å². The molecule has 1 aromatic rings. The molecule has 0 fully saturated rings. The molecule has 1 heterocycles. The van der Waals surface area contributed by atoms with Crippen LogP contribution in [0.2, 0.25) is 0 Å². The zero-order valence-corrected chi connectivity index (χ0v) is 6.82. The first-order valence-electron chi connectivity index (χ1n) is 3.85. The molecule has 0 spiro atoms. The second-order valence-corrected chi connectivity index (χ2v) is 2.65. The number of aliphatic hydroxyl groups excluding tert-OH is 1. The summed E-state index contributed by atoms with van der Waals surface area (Å²) in [7, 11) is 0. The number of carbonyl (C=O) groups excluding carboxylic acids is 1. The van der Waals surface area contributed by atoms with Gasteiger partial charge in [-0.15, -0.1) is 0 Å². The van der Waals surface area contributed by atoms with Crippen molar-refractivity contribution in [1.82, 2.24) is 0 Å². The van der Waals surface area contributed by atoms with Gasteiger partial charge in [0.15, 0.2) is 17.3 Å². The summed E-state index contributed by atoms with van der Waals surface area (Å²) >= 11 is 0. The van der Waals surface area contributed by atoms with E-state index < -0.39 is 6.61 Å². The molecular weight excluding hydrogens is 172 g/mol. The maximum atomic E-state index is 11.1. The first kappa shape index (κ1) is 8.07. The minimum Gasteiger partial charge on any atom is -0.454 e. The lowest BCUT2D eigenvalue weighted by Gasteiger charge is -1.99. The maximum absolute atomic E-state index is 11.1. The van der Waals surface area contributed by atoms with Gasteiger partial charge >= 0.3 is 0 Å². The number of Topliss-reactive ketones (excluding diaryl/α,β-unsaturated/α-hetero) is 1. The average molecular weight is 180 g/mol. The van der Waals surface area contributed by atoms with Crippen molar-refractivity contribution in [3.63, 3.8) is 0 Å². The summed E-state index contributed by atoms with van der Waals surface area (Å²) in [6, 6.07) is 4.83. The van der Waals surface area contributed by atoms with Gasteiger partial charge in [0.25, 0.3) is 0 Å². The van der Waals surface area contributed by atoms with Crippen LogP contribution in [0.3, 0.4) is 0 Å². The Morgan fingerprint density at radius 3 is 2.92 bits per heavy atom. The highest BCUT2D eigenvalue weighted by molar-refractivity contribution is 5.97. The molecule has 0 amide bonds. The monoisotopic (exact) mass is 180 g/mol. The number of rotatable bonds is 2. The molecule has 0 radical (unpaired) electrons. The zero-order valence-electron chi connectivity index (χ0n) is 6.82. The number of benzene rings is 1. The van der Waals surface area contributed by atoms with Crippen LogP contribution in [0.25, 0.3) is 0 Å². The molecular formula is C9H8O4. The molecule has 0 saturated heterocycles. The van der Waals surface area contributed by atoms with Crippen LogP contribution < -0.4 is 9.47 Å². The Morgan fingerprint density at radius 2 is 2.15 bits per heavy atom. The highest BCUT2D eigenvalue weighted by Gasteiger charge is 2.15. The molecule has 0 bridgehead atoms. The van der Waals surface area contributed by atoms with Crippen molar-refractivity contribution in [1.29, 1.82) is 0 Å². The fraction of sp³-hybridized carbons (Fsp3) is 0.222. The van der Waals surface area contributed by atoms with Gasteiger partial charge < -0.3 is 14.6 Å². The van der Waals surface area contributed by atoms with E-state index in [-0.39, 0.29) is 12.6 Å². The van der Waals surface area contributed by atoms with Gasteiger partial charge in [-0.05, 0) is 18.2 Å². The Kier molecular flexibility index (Phi) is 1.90. The van der Waals surface area contributed by atoms with Crippen molar-refractivity contribution < 1.29 is 19.4 Å². The second kappa shape index (κ2) is 3.06. The van der Waals surface area contributed by atoms with Crippen molar-refractivity contribution in [2.75, 3.05) is 13.4 Å². The van der Waals surface area contributed by atoms with E-state index in [0.717, 1.165) is 0 Å². The van der Waals surface area contributed by atoms with Crippen molar-refractivity contribution in [2.45, 2.75) is 0 Å². The average Bonchev–Trinajstić information content (AvgIpc) is 2.63. The van der Waals surface area contributed by atoms with Crippen LogP contribution in [-0.4, -0.2) is 24.3 Å². The third-order valence-electron chi connectivity index (χ3n) is 1.84. The number of hydrogen-bond donors (Lipinski definition) is 1. The van der Waals surface area contributed by atoms with E-state index >= 15 is 0 Å². The number of ketones is 1. The lowest BCUT2D eigenvalue weighted by Crippen LogP contribution is -2.03. The Labute approximate surface area is 74.7 Å². The van der Waals surface area contributed by atoms with Gasteiger partial charge in [0.1, 0.15) is 6.61 Å². The van der Waals surface area contributed by atoms with Gasteiger partial charge in [-0.25, -0.2) is 0 Å². The third-order valence-corrected chi connectivity index (χ3v) is 1.84. The molecule has 68 valence electrons. The molecule has 0 saturated carbocycles. The van der Waals surface area contributed by atoms with E-state index in [9.17, 15) is 4.79 Å². The van der Waals surface area contributed by atoms with E-state index in [1.807, 2.05) is 0 Å². The minimum atomic E-state index is -0.486. The normalized spacial score (nSPS) is 13.0. The summed E-state index contributed by atoms with van der Waals surface area (Å²) in [5.41, 5.74) is 0.437. The van der Waals surface area contributed by atoms with Crippen LogP contribution >= 0.6 is 0 Å². The molecule has 4 nitrogen and oxygen atoms in total. The number of fused-ring (bicyclic) bond motifs is 1. The van der Waals surface area contributed by atoms with E-state index in [2.05, 4.69) is 0 Å². The summed E-state index contributed by atoms with van der Waals surface area (Å²) in [4.78, 5) is 11.1. The van der Waals surface area contributed by atoms with Crippen LogP contribution in [0.4, 0.5) is 0 Å². The second-order valence-electron chi connectivity index (χ2n) is 2.65. The smallest absolute Gasteiger partial charge is 0.231 e. The van der Waals surface area contributed by atoms with Crippen molar-refractivity contribution in [3.05, 3.63) is 23.8 Å². The van der Waals surface area contributed by atoms with Crippen molar-refractivity contribution in [3.8, 4) is 11.5 Å². The van der Waals surface area contributed by atoms with E-state index in [1.165, 1.54) is 0 Å². The fourth-order valence-corrected chi connectivity index (χ4v) is 1.16. The molecule has 0 aliphatic carbocycles. The molecule has 1 aliphatic heterocycles. The van der Waals surface area contributed by atoms with Gasteiger partial charge in [0, 0.05) is 5.56 Å². The Hall–Kier alpha value is -1.55. The molecule has 13 heavy (non-hydrogen) atoms. The lowest BCUT2D eigenvalue weighted by molar-refractivity contribution is 0.0903. The van der Waals surface area contributed by atoms with E-state index in [4.69, 9.17) is 14.6 Å². The first-order valence-corrected chi connectivity index (χ1v) is 3.85. The molecule has 0 aromatic heterocycles. The Balaban J connectivity index is 2.36. The molecule has 0 unspecified atom stereocenters. The first-order chi connectivity index (χ1) is 6.31. The van der Waals surface area contributed by atoms with Crippen LogP contribution in [-0.2, 0) is 0 Å². The summed E-state index contributed by atoms with van der Waals surface area (Å²) in [5.74, 6) is 0.868. The summed E-state index contributed by atoms with van der Waals surface area (Å²) < 4.78 is 10.1. The number of carbonyl (C=O) groups is 1. The van der Waals surface area contributed by atoms with E-state index in [0.29, 0.717) is 17.1 Å². The maximum Gasteiger partial charge on any atom is 0.231 e. The fourth-order valence-electron chi connectivity index (χ4n) is 1.16.